The Hall–Kier alpha value is -2.13. The number of hydrogen-bond acceptors (Lipinski definition) is 6. The summed E-state index contributed by atoms with van der Waals surface area (Å²) in [6.45, 7) is 1.90. The van der Waals surface area contributed by atoms with Gasteiger partial charge in [0.2, 0.25) is 10.0 Å². The Kier molecular flexibility index (Phi) is 5.45. The van der Waals surface area contributed by atoms with Crippen LogP contribution in [0.1, 0.15) is 30.1 Å². The molecule has 0 aliphatic carbocycles. The van der Waals surface area contributed by atoms with E-state index in [0.29, 0.717) is 6.42 Å². The smallest absolute Gasteiger partial charge is 0.338 e. The summed E-state index contributed by atoms with van der Waals surface area (Å²) in [6.07, 6.45) is 0.699. The van der Waals surface area contributed by atoms with Crippen molar-refractivity contribution in [2.24, 2.45) is 0 Å². The number of ether oxygens (including phenoxy) is 2. The molecule has 1 aliphatic heterocycles. The largest absolute Gasteiger partial charge is 0.495 e. The number of carboxylic acid groups (broad SMARTS) is 1. The third-order valence-electron chi connectivity index (χ3n) is 3.75. The molecule has 2 rings (SSSR count). The van der Waals surface area contributed by atoms with Crippen molar-refractivity contribution in [2.45, 2.75) is 30.7 Å². The van der Waals surface area contributed by atoms with Gasteiger partial charge in [-0.3, -0.25) is 4.79 Å². The molecule has 1 aliphatic rings. The Balaban J connectivity index is 2.50. The van der Waals surface area contributed by atoms with Crippen molar-refractivity contribution in [3.63, 3.8) is 0 Å². The number of rotatable bonds is 6. The number of carbonyl (C=O) groups excluding carboxylic acids is 1. The lowest BCUT2D eigenvalue weighted by molar-refractivity contribution is -0.140. The number of benzene rings is 1. The van der Waals surface area contributed by atoms with Gasteiger partial charge in [-0.2, -0.15) is 4.31 Å². The summed E-state index contributed by atoms with van der Waals surface area (Å²) >= 11 is 0. The van der Waals surface area contributed by atoms with E-state index in [9.17, 15) is 23.1 Å². The molecule has 1 atom stereocenters. The minimum Gasteiger partial charge on any atom is -0.495 e. The summed E-state index contributed by atoms with van der Waals surface area (Å²) in [7, 11) is -2.82. The van der Waals surface area contributed by atoms with Crippen LogP contribution in [0.5, 0.6) is 5.75 Å². The van der Waals surface area contributed by atoms with Gasteiger partial charge in [0.25, 0.3) is 0 Å². The van der Waals surface area contributed by atoms with Crippen LogP contribution in [-0.4, -0.2) is 56.1 Å². The van der Waals surface area contributed by atoms with Crippen LogP contribution in [0.25, 0.3) is 0 Å². The molecule has 0 bridgehead atoms. The Labute approximate surface area is 140 Å². The normalized spacial score (nSPS) is 18.3. The highest BCUT2D eigenvalue weighted by Crippen LogP contribution is 2.32. The van der Waals surface area contributed by atoms with Crippen LogP contribution in [0.4, 0.5) is 0 Å². The quantitative estimate of drug-likeness (QED) is 0.759. The number of esters is 1. The second-order valence-electron chi connectivity index (χ2n) is 5.20. The van der Waals surface area contributed by atoms with Gasteiger partial charge in [0.1, 0.15) is 16.7 Å². The number of aliphatic carboxylic acids is 1. The minimum atomic E-state index is -4.13. The molecule has 0 unspecified atom stereocenters. The van der Waals surface area contributed by atoms with Gasteiger partial charge in [0.05, 0.1) is 19.3 Å². The zero-order valence-corrected chi connectivity index (χ0v) is 14.2. The maximum atomic E-state index is 12.9. The summed E-state index contributed by atoms with van der Waals surface area (Å²) in [5.74, 6) is -1.82. The van der Waals surface area contributed by atoms with Crippen LogP contribution in [-0.2, 0) is 19.6 Å². The van der Waals surface area contributed by atoms with E-state index in [1.165, 1.54) is 19.2 Å². The molecule has 1 aromatic carbocycles. The first-order valence-corrected chi connectivity index (χ1v) is 8.86. The van der Waals surface area contributed by atoms with Crippen LogP contribution < -0.4 is 4.74 Å². The van der Waals surface area contributed by atoms with E-state index in [-0.39, 0.29) is 35.8 Å². The van der Waals surface area contributed by atoms with Gasteiger partial charge in [-0.25, -0.2) is 13.2 Å². The predicted molar refractivity (Wildman–Crippen MR) is 83.5 cm³/mol. The Morgan fingerprint density at radius 1 is 1.38 bits per heavy atom. The van der Waals surface area contributed by atoms with Crippen LogP contribution >= 0.6 is 0 Å². The predicted octanol–water partition coefficient (Wildman–Crippen LogP) is 1.11. The van der Waals surface area contributed by atoms with Crippen molar-refractivity contribution in [1.29, 1.82) is 0 Å². The molecule has 1 saturated heterocycles. The molecule has 0 saturated carbocycles. The maximum Gasteiger partial charge on any atom is 0.338 e. The molecule has 1 fully saturated rings. The van der Waals surface area contributed by atoms with Gasteiger partial charge in [-0.1, -0.05) is 0 Å². The van der Waals surface area contributed by atoms with E-state index < -0.39 is 28.0 Å². The first-order chi connectivity index (χ1) is 11.3. The van der Waals surface area contributed by atoms with Crippen molar-refractivity contribution >= 4 is 22.0 Å². The molecule has 24 heavy (non-hydrogen) atoms. The third kappa shape index (κ3) is 3.36. The van der Waals surface area contributed by atoms with Gasteiger partial charge in [0.15, 0.2) is 0 Å². The van der Waals surface area contributed by atoms with Crippen molar-refractivity contribution in [3.05, 3.63) is 23.8 Å². The monoisotopic (exact) mass is 357 g/mol. The summed E-state index contributed by atoms with van der Waals surface area (Å²) in [6, 6.07) is 2.79. The van der Waals surface area contributed by atoms with E-state index in [0.717, 1.165) is 10.4 Å². The van der Waals surface area contributed by atoms with Crippen LogP contribution in [0.2, 0.25) is 0 Å². The first kappa shape index (κ1) is 18.2. The summed E-state index contributed by atoms with van der Waals surface area (Å²) < 4.78 is 36.7. The Morgan fingerprint density at radius 3 is 2.67 bits per heavy atom. The van der Waals surface area contributed by atoms with Crippen molar-refractivity contribution < 1.29 is 32.6 Å². The SMILES string of the molecule is CCOC(=O)c1ccc(OC)c(S(=O)(=O)N2CCC[C@H]2C(=O)O)c1. The molecule has 132 valence electrons. The zero-order valence-electron chi connectivity index (χ0n) is 13.4. The zero-order chi connectivity index (χ0) is 17.9. The fourth-order valence-electron chi connectivity index (χ4n) is 2.62. The van der Waals surface area contributed by atoms with E-state index >= 15 is 0 Å². The van der Waals surface area contributed by atoms with Crippen LogP contribution in [0, 0.1) is 0 Å². The number of carboxylic acids is 1. The van der Waals surface area contributed by atoms with Gasteiger partial charge >= 0.3 is 11.9 Å². The Bertz CT molecular complexity index is 744. The highest BCUT2D eigenvalue weighted by atomic mass is 32.2. The lowest BCUT2D eigenvalue weighted by Gasteiger charge is -2.22. The van der Waals surface area contributed by atoms with Gasteiger partial charge in [-0.15, -0.1) is 0 Å². The van der Waals surface area contributed by atoms with Crippen molar-refractivity contribution in [3.8, 4) is 5.75 Å². The van der Waals surface area contributed by atoms with Gasteiger partial charge in [0, 0.05) is 6.54 Å². The number of sulfonamides is 1. The average molecular weight is 357 g/mol. The molecule has 8 nitrogen and oxygen atoms in total. The fourth-order valence-corrected chi connectivity index (χ4v) is 4.45. The number of carbonyl (C=O) groups is 2. The molecular formula is C15H19NO7S. The first-order valence-electron chi connectivity index (χ1n) is 7.42. The molecule has 0 spiro atoms. The molecule has 1 N–H and O–H groups in total. The van der Waals surface area contributed by atoms with E-state index in [1.54, 1.807) is 6.92 Å². The second-order valence-corrected chi connectivity index (χ2v) is 7.06. The molecule has 1 heterocycles. The van der Waals surface area contributed by atoms with E-state index in [2.05, 4.69) is 0 Å². The number of hydrogen-bond donors (Lipinski definition) is 1. The molecule has 0 amide bonds. The van der Waals surface area contributed by atoms with Gasteiger partial charge < -0.3 is 14.6 Å². The Morgan fingerprint density at radius 2 is 2.08 bits per heavy atom. The van der Waals surface area contributed by atoms with E-state index in [1.807, 2.05) is 0 Å². The average Bonchev–Trinajstić information content (AvgIpc) is 3.05. The van der Waals surface area contributed by atoms with Gasteiger partial charge in [-0.05, 0) is 38.0 Å². The van der Waals surface area contributed by atoms with Crippen molar-refractivity contribution in [2.75, 3.05) is 20.3 Å². The lowest BCUT2D eigenvalue weighted by Crippen LogP contribution is -2.40. The number of nitrogens with zero attached hydrogens (tertiary/aromatic N) is 1. The standard InChI is InChI=1S/C15H19NO7S/c1-3-23-15(19)10-6-7-12(22-2)13(9-10)24(20,21)16-8-4-5-11(16)14(17)18/h6-7,9,11H,3-5,8H2,1-2H3,(H,17,18)/t11-/m0/s1. The molecule has 0 radical (unpaired) electrons. The molecule has 1 aromatic rings. The number of methoxy groups -OCH3 is 1. The summed E-state index contributed by atoms with van der Waals surface area (Å²) in [5, 5.41) is 9.22. The topological polar surface area (TPSA) is 110 Å². The minimum absolute atomic E-state index is 0.0408. The molecule has 0 aromatic heterocycles. The fraction of sp³-hybridized carbons (Fsp3) is 0.467. The van der Waals surface area contributed by atoms with E-state index in [4.69, 9.17) is 9.47 Å². The second kappa shape index (κ2) is 7.18. The molecular weight excluding hydrogens is 338 g/mol. The highest BCUT2D eigenvalue weighted by Gasteiger charge is 2.40. The highest BCUT2D eigenvalue weighted by molar-refractivity contribution is 7.89. The lowest BCUT2D eigenvalue weighted by atomic mass is 10.2. The summed E-state index contributed by atoms with van der Waals surface area (Å²) in [4.78, 5) is 22.9. The van der Waals surface area contributed by atoms with Crippen molar-refractivity contribution in [1.82, 2.24) is 4.31 Å². The maximum absolute atomic E-state index is 12.9. The van der Waals surface area contributed by atoms with Crippen LogP contribution in [0.15, 0.2) is 23.1 Å². The third-order valence-corrected chi connectivity index (χ3v) is 5.68. The molecule has 9 heteroatoms. The van der Waals surface area contributed by atoms with Crippen LogP contribution in [0.3, 0.4) is 0 Å². The summed E-state index contributed by atoms with van der Waals surface area (Å²) in [5.41, 5.74) is 0.0577.